The molecule has 0 fully saturated rings. The van der Waals surface area contributed by atoms with Gasteiger partial charge in [0.25, 0.3) is 11.1 Å². The van der Waals surface area contributed by atoms with Gasteiger partial charge in [-0.05, 0) is 0 Å². The zero-order chi connectivity index (χ0) is 9.46. The molecular weight excluding hydrogens is 156 g/mol. The summed E-state index contributed by atoms with van der Waals surface area (Å²) in [4.78, 5) is 22.5. The molecule has 0 saturated carbocycles. The quantitative estimate of drug-likeness (QED) is 0.443. The molecule has 12 heavy (non-hydrogen) atoms. The maximum atomic E-state index is 11.3. The molecule has 1 heterocycles. The van der Waals surface area contributed by atoms with Crippen molar-refractivity contribution in [3.63, 3.8) is 0 Å². The van der Waals surface area contributed by atoms with E-state index >= 15 is 0 Å². The van der Waals surface area contributed by atoms with Crippen LogP contribution in [0.3, 0.4) is 0 Å². The second-order valence-corrected chi connectivity index (χ2v) is 2.62. The molecule has 0 spiro atoms. The molecule has 1 aromatic heterocycles. The Hall–Kier alpha value is -1.58. The largest absolute Gasteiger partial charge is 0.306 e. The fourth-order valence-electron chi connectivity index (χ4n) is 0.919. The van der Waals surface area contributed by atoms with Gasteiger partial charge in [-0.1, -0.05) is 13.2 Å². The van der Waals surface area contributed by atoms with E-state index in [1.54, 1.807) is 0 Å². The Labute approximate surface area is 68.7 Å². The van der Waals surface area contributed by atoms with Crippen LogP contribution in [0.5, 0.6) is 0 Å². The number of hydrogen-bond donors (Lipinski definition) is 0. The molecule has 0 N–H and O–H groups in total. The van der Waals surface area contributed by atoms with Crippen molar-refractivity contribution in [3.05, 3.63) is 31.4 Å². The average molecular weight is 166 g/mol. The highest BCUT2D eigenvalue weighted by Crippen LogP contribution is 1.50. The molecule has 0 aliphatic carbocycles. The Morgan fingerprint density at radius 2 is 1.17 bits per heavy atom. The summed E-state index contributed by atoms with van der Waals surface area (Å²) in [5.41, 5.74) is -0.579. The summed E-state index contributed by atoms with van der Waals surface area (Å²) in [5.74, 6) is 0. The van der Waals surface area contributed by atoms with Gasteiger partial charge in [-0.2, -0.15) is 0 Å². The third-order valence-corrected chi connectivity index (χ3v) is 1.91. The van der Waals surface area contributed by atoms with E-state index in [-0.39, 0.29) is 21.8 Å². The maximum Gasteiger partial charge on any atom is 0.274 e. The summed E-state index contributed by atoms with van der Waals surface area (Å²) in [7, 11) is 3.00. The normalized spacial score (nSPS) is 10.2. The first-order valence-corrected chi connectivity index (χ1v) is 3.40. The standard InChI is InChI=1S/C8H10N2O2/c1-5-7(11)10(4)6(2)8(12)9(5)3/h1-2H2,3-4H3. The molecule has 64 valence electrons. The van der Waals surface area contributed by atoms with Gasteiger partial charge in [0.05, 0.1) is 0 Å². The van der Waals surface area contributed by atoms with Crippen LogP contribution in [-0.4, -0.2) is 9.13 Å². The van der Waals surface area contributed by atoms with Crippen molar-refractivity contribution in [1.82, 2.24) is 9.13 Å². The Bertz CT molecular complexity index is 427. The van der Waals surface area contributed by atoms with Gasteiger partial charge in [-0.15, -0.1) is 0 Å². The van der Waals surface area contributed by atoms with Crippen molar-refractivity contribution in [2.45, 2.75) is 0 Å². The van der Waals surface area contributed by atoms with Crippen molar-refractivity contribution in [1.29, 1.82) is 0 Å². The van der Waals surface area contributed by atoms with Gasteiger partial charge in [0.15, 0.2) is 0 Å². The van der Waals surface area contributed by atoms with Crippen LogP contribution in [0, 0.1) is 0 Å². The lowest BCUT2D eigenvalue weighted by Crippen LogP contribution is -2.55. The van der Waals surface area contributed by atoms with Crippen molar-refractivity contribution in [2.75, 3.05) is 0 Å². The highest BCUT2D eigenvalue weighted by Gasteiger charge is 1.99. The molecule has 0 radical (unpaired) electrons. The van der Waals surface area contributed by atoms with Crippen molar-refractivity contribution in [3.8, 4) is 0 Å². The van der Waals surface area contributed by atoms with Gasteiger partial charge in [0.2, 0.25) is 0 Å². The Morgan fingerprint density at radius 3 is 1.42 bits per heavy atom. The monoisotopic (exact) mass is 166 g/mol. The zero-order valence-corrected chi connectivity index (χ0v) is 7.13. The molecule has 0 aliphatic heterocycles. The second-order valence-electron chi connectivity index (χ2n) is 2.62. The minimum Gasteiger partial charge on any atom is -0.306 e. The fourth-order valence-corrected chi connectivity index (χ4v) is 0.919. The molecule has 0 aromatic carbocycles. The predicted molar refractivity (Wildman–Crippen MR) is 47.2 cm³/mol. The van der Waals surface area contributed by atoms with Crippen LogP contribution < -0.4 is 21.8 Å². The smallest absolute Gasteiger partial charge is 0.274 e. The molecule has 4 heteroatoms. The summed E-state index contributed by atoms with van der Waals surface area (Å²) in [5, 5.41) is 0.352. The highest BCUT2D eigenvalue weighted by atomic mass is 16.1. The molecule has 0 saturated heterocycles. The van der Waals surface area contributed by atoms with Crippen LogP contribution in [-0.2, 0) is 14.1 Å². The van der Waals surface area contributed by atoms with E-state index in [1.807, 2.05) is 0 Å². The topological polar surface area (TPSA) is 44.0 Å². The first kappa shape index (κ1) is 8.52. The van der Waals surface area contributed by atoms with Crippen molar-refractivity contribution < 1.29 is 0 Å². The lowest BCUT2D eigenvalue weighted by atomic mass is 10.5. The summed E-state index contributed by atoms with van der Waals surface area (Å²) in [6, 6.07) is 0. The number of hydrogen-bond acceptors (Lipinski definition) is 2. The van der Waals surface area contributed by atoms with Gasteiger partial charge in [-0.25, -0.2) is 0 Å². The van der Waals surface area contributed by atoms with Crippen LogP contribution in [0.15, 0.2) is 9.59 Å². The van der Waals surface area contributed by atoms with E-state index in [9.17, 15) is 9.59 Å². The Balaban J connectivity index is 4.15. The van der Waals surface area contributed by atoms with Crippen LogP contribution in [0.2, 0.25) is 0 Å². The molecule has 0 unspecified atom stereocenters. The van der Waals surface area contributed by atoms with E-state index in [0.29, 0.717) is 0 Å². The van der Waals surface area contributed by atoms with E-state index in [2.05, 4.69) is 13.2 Å². The van der Waals surface area contributed by atoms with Gasteiger partial charge in [0, 0.05) is 14.1 Å². The molecule has 1 aromatic rings. The summed E-state index contributed by atoms with van der Waals surface area (Å²) < 4.78 is 2.40. The van der Waals surface area contributed by atoms with E-state index < -0.39 is 0 Å². The van der Waals surface area contributed by atoms with Crippen molar-refractivity contribution >= 4 is 13.2 Å². The lowest BCUT2D eigenvalue weighted by Gasteiger charge is -2.01. The minimum atomic E-state index is -0.290. The summed E-state index contributed by atoms with van der Waals surface area (Å²) in [6.45, 7) is 6.97. The molecular formula is C8H10N2O2. The Kier molecular flexibility index (Phi) is 1.76. The minimum absolute atomic E-state index is 0.176. The third-order valence-electron chi connectivity index (χ3n) is 1.91. The fraction of sp³-hybridized carbons (Fsp3) is 0.250. The molecule has 4 nitrogen and oxygen atoms in total. The third kappa shape index (κ3) is 0.922. The molecule has 1 rings (SSSR count). The van der Waals surface area contributed by atoms with Crippen LogP contribution in [0.1, 0.15) is 0 Å². The van der Waals surface area contributed by atoms with Crippen molar-refractivity contribution in [2.24, 2.45) is 14.1 Å². The molecule has 0 bridgehead atoms. The van der Waals surface area contributed by atoms with E-state index in [1.165, 1.54) is 23.2 Å². The summed E-state index contributed by atoms with van der Waals surface area (Å²) in [6.07, 6.45) is 0. The first-order chi connectivity index (χ1) is 5.46. The maximum absolute atomic E-state index is 11.3. The van der Waals surface area contributed by atoms with Crippen LogP contribution >= 0.6 is 0 Å². The van der Waals surface area contributed by atoms with Gasteiger partial charge in [-0.3, -0.25) is 9.59 Å². The van der Waals surface area contributed by atoms with Gasteiger partial charge >= 0.3 is 0 Å². The van der Waals surface area contributed by atoms with Gasteiger partial charge in [0.1, 0.15) is 10.7 Å². The lowest BCUT2D eigenvalue weighted by molar-refractivity contribution is 0.699. The number of aromatic nitrogens is 2. The molecule has 0 aliphatic rings. The Morgan fingerprint density at radius 1 is 0.917 bits per heavy atom. The SMILES string of the molecule is C=c1c(=O)n(C)c(=C)c(=O)n1C. The molecule has 0 atom stereocenters. The second kappa shape index (κ2) is 2.48. The first-order valence-electron chi connectivity index (χ1n) is 3.40. The highest BCUT2D eigenvalue weighted by molar-refractivity contribution is 5.02. The molecule has 0 amide bonds. The summed E-state index contributed by atoms with van der Waals surface area (Å²) >= 11 is 0. The van der Waals surface area contributed by atoms with Crippen LogP contribution in [0.4, 0.5) is 0 Å². The van der Waals surface area contributed by atoms with Gasteiger partial charge < -0.3 is 9.13 Å². The van der Waals surface area contributed by atoms with E-state index in [4.69, 9.17) is 0 Å². The number of rotatable bonds is 0. The van der Waals surface area contributed by atoms with Crippen LogP contribution in [0.25, 0.3) is 13.2 Å². The number of nitrogens with zero attached hydrogens (tertiary/aromatic N) is 2. The average Bonchev–Trinajstić information content (AvgIpc) is 2.08. The predicted octanol–water partition coefficient (Wildman–Crippen LogP) is -2.10. The zero-order valence-electron chi connectivity index (χ0n) is 7.13. The van der Waals surface area contributed by atoms with E-state index in [0.717, 1.165) is 0 Å².